The molecule has 2 N–H and O–H groups in total. The Hall–Kier alpha value is -3.68. The standard InChI is InChI=1S/C27H23BrN2O4/c1-33-21-11-7-18(8-12-21)9-13-23(31)27-26(22-15-20(28)10-14-24(22)34-27)30-25(32)17-29-16-19-5-3-2-4-6-19/h2-15,29H,16-17H2,1H3,(H,30,32)/b13-9+. The molecule has 0 fully saturated rings. The summed E-state index contributed by atoms with van der Waals surface area (Å²) < 4.78 is 11.8. The summed E-state index contributed by atoms with van der Waals surface area (Å²) in [5.41, 5.74) is 2.78. The summed E-state index contributed by atoms with van der Waals surface area (Å²) in [5, 5.41) is 6.62. The summed E-state index contributed by atoms with van der Waals surface area (Å²) in [5.74, 6) is 0.189. The summed E-state index contributed by atoms with van der Waals surface area (Å²) in [6.07, 6.45) is 3.12. The third kappa shape index (κ3) is 5.81. The highest BCUT2D eigenvalue weighted by atomic mass is 79.9. The van der Waals surface area contributed by atoms with Crippen LogP contribution in [0.3, 0.4) is 0 Å². The van der Waals surface area contributed by atoms with Crippen LogP contribution in [-0.4, -0.2) is 25.3 Å². The van der Waals surface area contributed by atoms with E-state index < -0.39 is 0 Å². The Labute approximate surface area is 205 Å². The SMILES string of the molecule is COc1ccc(/C=C/C(=O)c2oc3ccc(Br)cc3c2NC(=O)CNCc2ccccc2)cc1. The van der Waals surface area contributed by atoms with Gasteiger partial charge in [0.25, 0.3) is 0 Å². The quantitative estimate of drug-likeness (QED) is 0.215. The van der Waals surface area contributed by atoms with E-state index in [1.54, 1.807) is 19.3 Å². The molecule has 0 aliphatic carbocycles. The number of hydrogen-bond acceptors (Lipinski definition) is 5. The Morgan fingerprint density at radius 2 is 1.79 bits per heavy atom. The Morgan fingerprint density at radius 1 is 1.03 bits per heavy atom. The van der Waals surface area contributed by atoms with Crippen molar-refractivity contribution in [2.24, 2.45) is 0 Å². The zero-order valence-electron chi connectivity index (χ0n) is 18.5. The Kier molecular flexibility index (Phi) is 7.57. The molecule has 1 heterocycles. The van der Waals surface area contributed by atoms with Gasteiger partial charge in [0.15, 0.2) is 5.76 Å². The van der Waals surface area contributed by atoms with Crippen LogP contribution in [0.2, 0.25) is 0 Å². The summed E-state index contributed by atoms with van der Waals surface area (Å²) >= 11 is 3.44. The molecule has 0 aliphatic rings. The first kappa shape index (κ1) is 23.5. The maximum Gasteiger partial charge on any atom is 0.238 e. The number of hydrogen-bond donors (Lipinski definition) is 2. The molecular weight excluding hydrogens is 496 g/mol. The predicted octanol–water partition coefficient (Wildman–Crippen LogP) is 5.83. The number of nitrogens with one attached hydrogen (secondary N) is 2. The van der Waals surface area contributed by atoms with E-state index in [1.807, 2.05) is 66.7 Å². The third-order valence-electron chi connectivity index (χ3n) is 5.14. The Morgan fingerprint density at radius 3 is 2.53 bits per heavy atom. The molecule has 0 saturated heterocycles. The molecule has 6 nitrogen and oxygen atoms in total. The maximum atomic E-state index is 13.0. The van der Waals surface area contributed by atoms with Crippen molar-refractivity contribution >= 4 is 50.4 Å². The van der Waals surface area contributed by atoms with Crippen molar-refractivity contribution in [2.75, 3.05) is 19.0 Å². The fourth-order valence-electron chi connectivity index (χ4n) is 3.43. The van der Waals surface area contributed by atoms with Crippen LogP contribution in [0.25, 0.3) is 17.0 Å². The van der Waals surface area contributed by atoms with Crippen LogP contribution in [0.15, 0.2) is 87.8 Å². The number of ketones is 1. The largest absolute Gasteiger partial charge is 0.497 e. The van der Waals surface area contributed by atoms with Crippen LogP contribution in [0.5, 0.6) is 5.75 Å². The second-order valence-electron chi connectivity index (χ2n) is 7.55. The van der Waals surface area contributed by atoms with E-state index in [9.17, 15) is 9.59 Å². The van der Waals surface area contributed by atoms with E-state index in [2.05, 4.69) is 26.6 Å². The van der Waals surface area contributed by atoms with Gasteiger partial charge in [-0.05, 0) is 47.5 Å². The normalized spacial score (nSPS) is 11.1. The van der Waals surface area contributed by atoms with Gasteiger partial charge >= 0.3 is 0 Å². The van der Waals surface area contributed by atoms with Gasteiger partial charge in [0, 0.05) is 16.4 Å². The van der Waals surface area contributed by atoms with Crippen molar-refractivity contribution in [2.45, 2.75) is 6.54 Å². The second-order valence-corrected chi connectivity index (χ2v) is 8.47. The molecule has 172 valence electrons. The predicted molar refractivity (Wildman–Crippen MR) is 137 cm³/mol. The molecule has 4 rings (SSSR count). The van der Waals surface area contributed by atoms with Gasteiger partial charge in [-0.15, -0.1) is 0 Å². The number of rotatable bonds is 9. The van der Waals surface area contributed by atoms with Crippen LogP contribution in [-0.2, 0) is 11.3 Å². The van der Waals surface area contributed by atoms with Gasteiger partial charge < -0.3 is 19.8 Å². The molecule has 0 atom stereocenters. The van der Waals surface area contributed by atoms with Crippen LogP contribution in [0.4, 0.5) is 5.69 Å². The molecule has 0 bridgehead atoms. The van der Waals surface area contributed by atoms with Gasteiger partial charge in [-0.2, -0.15) is 0 Å². The first-order chi connectivity index (χ1) is 16.5. The van der Waals surface area contributed by atoms with Gasteiger partial charge in [-0.3, -0.25) is 9.59 Å². The van der Waals surface area contributed by atoms with Gasteiger partial charge in [0.05, 0.1) is 19.3 Å². The lowest BCUT2D eigenvalue weighted by molar-refractivity contribution is -0.115. The van der Waals surface area contributed by atoms with Crippen molar-refractivity contribution in [1.82, 2.24) is 5.32 Å². The molecule has 0 spiro atoms. The van der Waals surface area contributed by atoms with Crippen LogP contribution in [0, 0.1) is 0 Å². The first-order valence-electron chi connectivity index (χ1n) is 10.7. The molecule has 1 aromatic heterocycles. The second kappa shape index (κ2) is 11.0. The first-order valence-corrected chi connectivity index (χ1v) is 11.5. The van der Waals surface area contributed by atoms with E-state index in [1.165, 1.54) is 6.08 Å². The molecule has 34 heavy (non-hydrogen) atoms. The lowest BCUT2D eigenvalue weighted by Crippen LogP contribution is -2.28. The van der Waals surface area contributed by atoms with Crippen molar-refractivity contribution in [3.63, 3.8) is 0 Å². The fraction of sp³-hybridized carbons (Fsp3) is 0.111. The zero-order chi connectivity index (χ0) is 23.9. The Bertz CT molecular complexity index is 1330. The van der Waals surface area contributed by atoms with E-state index in [0.717, 1.165) is 21.3 Å². The van der Waals surface area contributed by atoms with Gasteiger partial charge in [-0.25, -0.2) is 0 Å². The minimum Gasteiger partial charge on any atom is -0.497 e. The minimum absolute atomic E-state index is 0.0780. The van der Waals surface area contributed by atoms with Crippen molar-refractivity contribution < 1.29 is 18.7 Å². The third-order valence-corrected chi connectivity index (χ3v) is 5.63. The number of methoxy groups -OCH3 is 1. The van der Waals surface area contributed by atoms with Crippen molar-refractivity contribution in [1.29, 1.82) is 0 Å². The molecule has 0 aliphatic heterocycles. The van der Waals surface area contributed by atoms with Crippen molar-refractivity contribution in [3.8, 4) is 5.75 Å². The Balaban J connectivity index is 1.52. The van der Waals surface area contributed by atoms with E-state index in [-0.39, 0.29) is 24.0 Å². The van der Waals surface area contributed by atoms with E-state index in [0.29, 0.717) is 23.2 Å². The van der Waals surface area contributed by atoms with Crippen LogP contribution < -0.4 is 15.4 Å². The van der Waals surface area contributed by atoms with Crippen LogP contribution >= 0.6 is 15.9 Å². The molecule has 7 heteroatoms. The number of amides is 1. The highest BCUT2D eigenvalue weighted by Crippen LogP contribution is 2.33. The van der Waals surface area contributed by atoms with E-state index >= 15 is 0 Å². The summed E-state index contributed by atoms with van der Waals surface area (Å²) in [4.78, 5) is 25.7. The molecule has 4 aromatic rings. The van der Waals surface area contributed by atoms with Gasteiger partial charge in [0.1, 0.15) is 11.3 Å². The van der Waals surface area contributed by atoms with Gasteiger partial charge in [0.2, 0.25) is 11.7 Å². The molecular formula is C27H23BrN2O4. The van der Waals surface area contributed by atoms with Gasteiger partial charge in [-0.1, -0.05) is 64.5 Å². The molecule has 0 unspecified atom stereocenters. The fourth-order valence-corrected chi connectivity index (χ4v) is 3.79. The van der Waals surface area contributed by atoms with Crippen molar-refractivity contribution in [3.05, 3.63) is 100 Å². The highest BCUT2D eigenvalue weighted by molar-refractivity contribution is 9.10. The number of carbonyl (C=O) groups is 2. The minimum atomic E-state index is -0.351. The smallest absolute Gasteiger partial charge is 0.238 e. The van der Waals surface area contributed by atoms with E-state index in [4.69, 9.17) is 9.15 Å². The molecule has 0 saturated carbocycles. The topological polar surface area (TPSA) is 80.6 Å². The summed E-state index contributed by atoms with van der Waals surface area (Å²) in [6, 6.07) is 22.5. The van der Waals surface area contributed by atoms with Crippen LogP contribution in [0.1, 0.15) is 21.7 Å². The number of anilines is 1. The highest BCUT2D eigenvalue weighted by Gasteiger charge is 2.21. The monoisotopic (exact) mass is 518 g/mol. The lowest BCUT2D eigenvalue weighted by atomic mass is 10.1. The molecule has 3 aromatic carbocycles. The number of carbonyl (C=O) groups excluding carboxylic acids is 2. The average Bonchev–Trinajstić information content (AvgIpc) is 3.21. The molecule has 1 amide bonds. The number of fused-ring (bicyclic) bond motifs is 1. The number of ether oxygens (including phenoxy) is 1. The number of allylic oxidation sites excluding steroid dienone is 1. The molecule has 0 radical (unpaired) electrons. The summed E-state index contributed by atoms with van der Waals surface area (Å²) in [7, 11) is 1.60. The average molecular weight is 519 g/mol. The maximum absolute atomic E-state index is 13.0. The number of halogens is 1. The number of furan rings is 1. The summed E-state index contributed by atoms with van der Waals surface area (Å²) in [6.45, 7) is 0.646. The lowest BCUT2D eigenvalue weighted by Gasteiger charge is -2.07. The number of benzene rings is 3. The zero-order valence-corrected chi connectivity index (χ0v) is 20.1.